The van der Waals surface area contributed by atoms with Gasteiger partial charge in [-0.25, -0.2) is 8.42 Å². The van der Waals surface area contributed by atoms with Gasteiger partial charge in [-0.1, -0.05) is 30.3 Å². The van der Waals surface area contributed by atoms with Gasteiger partial charge < -0.3 is 5.32 Å². The highest BCUT2D eigenvalue weighted by Gasteiger charge is 2.38. The lowest BCUT2D eigenvalue weighted by molar-refractivity contribution is 0.0963. The summed E-state index contributed by atoms with van der Waals surface area (Å²) in [7, 11) is -2.54. The maximum atomic E-state index is 12.8. The maximum Gasteiger partial charge on any atom is 0.264 e. The van der Waals surface area contributed by atoms with E-state index in [0.717, 1.165) is 4.31 Å². The lowest BCUT2D eigenvalue weighted by Crippen LogP contribution is -2.39. The number of hydrogen-bond acceptors (Lipinski definition) is 4. The Morgan fingerprint density at radius 3 is 2.28 bits per heavy atom. The Balaban J connectivity index is 2.05. The van der Waals surface area contributed by atoms with E-state index in [2.05, 4.69) is 5.32 Å². The molecule has 128 valence electrons. The van der Waals surface area contributed by atoms with E-state index in [-0.39, 0.29) is 21.9 Å². The number of amides is 1. The van der Waals surface area contributed by atoms with Crippen LogP contribution in [0.25, 0.3) is 0 Å². The van der Waals surface area contributed by atoms with Crippen LogP contribution in [-0.2, 0) is 10.0 Å². The summed E-state index contributed by atoms with van der Waals surface area (Å²) in [4.78, 5) is 25.0. The van der Waals surface area contributed by atoms with E-state index in [0.29, 0.717) is 5.56 Å². The van der Waals surface area contributed by atoms with Crippen LogP contribution < -0.4 is 5.32 Å². The van der Waals surface area contributed by atoms with Crippen LogP contribution in [0.1, 0.15) is 27.6 Å². The van der Waals surface area contributed by atoms with Crippen molar-refractivity contribution in [1.29, 1.82) is 0 Å². The minimum atomic E-state index is -3.84. The van der Waals surface area contributed by atoms with Gasteiger partial charge in [0.2, 0.25) is 5.78 Å². The number of nitrogens with one attached hydrogen (secondary N) is 1. The summed E-state index contributed by atoms with van der Waals surface area (Å²) in [6.45, 7) is 1.51. The standard InChI is InChI=1S/C18H16N2O4S/c1-12(19-18(22)13-8-4-3-5-9-13)16-17(21)14-10-6-7-11-15(14)25(23,24)20(16)2/h3-11H,1-2H3,(H,19,22)/b16-12-. The number of rotatable bonds is 2. The molecule has 0 saturated carbocycles. The molecule has 1 aliphatic rings. The Morgan fingerprint density at radius 1 is 1.00 bits per heavy atom. The molecule has 0 spiro atoms. The molecule has 6 nitrogen and oxygen atoms in total. The second-order valence-corrected chi connectivity index (χ2v) is 7.53. The molecule has 0 saturated heterocycles. The van der Waals surface area contributed by atoms with E-state index in [1.807, 2.05) is 0 Å². The lowest BCUT2D eigenvalue weighted by Gasteiger charge is -2.29. The Labute approximate surface area is 145 Å². The van der Waals surface area contributed by atoms with Gasteiger partial charge in [-0.05, 0) is 31.2 Å². The molecule has 0 bridgehead atoms. The van der Waals surface area contributed by atoms with Crippen LogP contribution in [-0.4, -0.2) is 31.5 Å². The number of benzene rings is 2. The number of fused-ring (bicyclic) bond motifs is 1. The van der Waals surface area contributed by atoms with Gasteiger partial charge in [0.05, 0.1) is 4.90 Å². The van der Waals surface area contributed by atoms with Gasteiger partial charge in [0.15, 0.2) is 0 Å². The number of Topliss-reactive ketones (excluding diaryl/α,β-unsaturated/α-hetero) is 1. The van der Waals surface area contributed by atoms with Crippen molar-refractivity contribution < 1.29 is 18.0 Å². The van der Waals surface area contributed by atoms with Crippen molar-refractivity contribution in [1.82, 2.24) is 9.62 Å². The van der Waals surface area contributed by atoms with Gasteiger partial charge in [0.25, 0.3) is 15.9 Å². The summed E-state index contributed by atoms with van der Waals surface area (Å²) < 4.78 is 26.2. The zero-order valence-corrected chi connectivity index (χ0v) is 14.5. The molecule has 1 heterocycles. The number of ketones is 1. The highest BCUT2D eigenvalue weighted by molar-refractivity contribution is 7.89. The summed E-state index contributed by atoms with van der Waals surface area (Å²) >= 11 is 0. The van der Waals surface area contributed by atoms with Crippen molar-refractivity contribution in [3.63, 3.8) is 0 Å². The molecule has 3 rings (SSSR count). The van der Waals surface area contributed by atoms with Gasteiger partial charge >= 0.3 is 0 Å². The first-order valence-corrected chi connectivity index (χ1v) is 8.98. The maximum absolute atomic E-state index is 12.8. The minimum Gasteiger partial charge on any atom is -0.324 e. The third-order valence-corrected chi connectivity index (χ3v) is 5.81. The molecule has 2 aromatic carbocycles. The molecular formula is C18H16N2O4S. The molecular weight excluding hydrogens is 340 g/mol. The first-order valence-electron chi connectivity index (χ1n) is 7.54. The highest BCUT2D eigenvalue weighted by Crippen LogP contribution is 2.31. The molecule has 1 amide bonds. The van der Waals surface area contributed by atoms with Crippen LogP contribution in [0, 0.1) is 0 Å². The Morgan fingerprint density at radius 2 is 1.60 bits per heavy atom. The van der Waals surface area contributed by atoms with Crippen LogP contribution in [0.5, 0.6) is 0 Å². The van der Waals surface area contributed by atoms with Gasteiger partial charge in [0.1, 0.15) is 5.70 Å². The normalized spacial score (nSPS) is 17.7. The molecule has 0 aromatic heterocycles. The van der Waals surface area contributed by atoms with Crippen molar-refractivity contribution in [2.75, 3.05) is 7.05 Å². The topological polar surface area (TPSA) is 83.5 Å². The van der Waals surface area contributed by atoms with Crippen LogP contribution in [0.4, 0.5) is 0 Å². The SMILES string of the molecule is C/C(NC(=O)c1ccccc1)=C1\C(=O)c2ccccc2S(=O)(=O)N1C. The van der Waals surface area contributed by atoms with Gasteiger partial charge in [-0.15, -0.1) is 0 Å². The highest BCUT2D eigenvalue weighted by atomic mass is 32.2. The molecule has 1 N–H and O–H groups in total. The first-order chi connectivity index (χ1) is 11.8. The third kappa shape index (κ3) is 2.83. The fourth-order valence-corrected chi connectivity index (χ4v) is 4.16. The van der Waals surface area contributed by atoms with Gasteiger partial charge in [-0.2, -0.15) is 0 Å². The number of nitrogens with zero attached hydrogens (tertiary/aromatic N) is 1. The fraction of sp³-hybridized carbons (Fsp3) is 0.111. The van der Waals surface area contributed by atoms with Crippen LogP contribution in [0.15, 0.2) is 70.9 Å². The monoisotopic (exact) mass is 356 g/mol. The lowest BCUT2D eigenvalue weighted by atomic mass is 10.1. The summed E-state index contributed by atoms with van der Waals surface area (Å²) in [6.07, 6.45) is 0. The van der Waals surface area contributed by atoms with E-state index < -0.39 is 21.7 Å². The predicted molar refractivity (Wildman–Crippen MR) is 92.3 cm³/mol. The smallest absolute Gasteiger partial charge is 0.264 e. The van der Waals surface area contributed by atoms with Crippen molar-refractivity contribution in [3.05, 3.63) is 77.1 Å². The molecule has 7 heteroatoms. The molecule has 0 fully saturated rings. The number of carbonyl (C=O) groups is 2. The number of carbonyl (C=O) groups excluding carboxylic acids is 2. The zero-order chi connectivity index (χ0) is 18.2. The van der Waals surface area contributed by atoms with Gasteiger partial charge in [-0.3, -0.25) is 13.9 Å². The Bertz CT molecular complexity index is 995. The number of sulfonamides is 1. The first kappa shape index (κ1) is 16.9. The van der Waals surface area contributed by atoms with Gasteiger partial charge in [0, 0.05) is 23.9 Å². The molecule has 0 unspecified atom stereocenters. The summed E-state index contributed by atoms with van der Waals surface area (Å²) in [5.41, 5.74) is 0.628. The molecule has 1 aliphatic heterocycles. The minimum absolute atomic E-state index is 0.0339. The molecule has 0 radical (unpaired) electrons. The van der Waals surface area contributed by atoms with E-state index >= 15 is 0 Å². The summed E-state index contributed by atoms with van der Waals surface area (Å²) in [6, 6.07) is 14.5. The average Bonchev–Trinajstić information content (AvgIpc) is 2.61. The van der Waals surface area contributed by atoms with E-state index in [1.165, 1.54) is 26.1 Å². The van der Waals surface area contributed by atoms with Crippen molar-refractivity contribution in [3.8, 4) is 0 Å². The number of hydrogen-bond donors (Lipinski definition) is 1. The van der Waals surface area contributed by atoms with Crippen LogP contribution >= 0.6 is 0 Å². The number of likely N-dealkylation sites (N-methyl/N-ethyl adjacent to an activating group) is 1. The Kier molecular flexibility index (Phi) is 4.18. The van der Waals surface area contributed by atoms with Crippen LogP contribution in [0.3, 0.4) is 0 Å². The second-order valence-electron chi connectivity index (χ2n) is 5.59. The molecule has 0 aliphatic carbocycles. The largest absolute Gasteiger partial charge is 0.324 e. The molecule has 0 atom stereocenters. The summed E-state index contributed by atoms with van der Waals surface area (Å²) in [5.74, 6) is -0.859. The van der Waals surface area contributed by atoms with E-state index in [1.54, 1.807) is 42.5 Å². The predicted octanol–water partition coefficient (Wildman–Crippen LogP) is 2.16. The number of allylic oxidation sites excluding steroid dienone is 2. The van der Waals surface area contributed by atoms with E-state index in [9.17, 15) is 18.0 Å². The zero-order valence-electron chi connectivity index (χ0n) is 13.7. The third-order valence-electron chi connectivity index (χ3n) is 3.99. The van der Waals surface area contributed by atoms with E-state index in [4.69, 9.17) is 0 Å². The fourth-order valence-electron chi connectivity index (χ4n) is 2.72. The molecule has 25 heavy (non-hydrogen) atoms. The second kappa shape index (κ2) is 6.18. The van der Waals surface area contributed by atoms with Crippen LogP contribution in [0.2, 0.25) is 0 Å². The quantitative estimate of drug-likeness (QED) is 0.836. The van der Waals surface area contributed by atoms with Crippen molar-refractivity contribution in [2.24, 2.45) is 0 Å². The Hall–Kier alpha value is -2.93. The molecule has 2 aromatic rings. The average molecular weight is 356 g/mol. The summed E-state index contributed by atoms with van der Waals surface area (Å²) in [5, 5.41) is 2.61. The van der Waals surface area contributed by atoms with Crippen molar-refractivity contribution >= 4 is 21.7 Å². The van der Waals surface area contributed by atoms with Crippen molar-refractivity contribution in [2.45, 2.75) is 11.8 Å².